The highest BCUT2D eigenvalue weighted by Gasteiger charge is 2.26. The van der Waals surface area contributed by atoms with Crippen molar-refractivity contribution in [2.45, 2.75) is 51.1 Å². The van der Waals surface area contributed by atoms with Gasteiger partial charge in [-0.05, 0) is 12.8 Å². The number of hydrogen-bond acceptors (Lipinski definition) is 5. The van der Waals surface area contributed by atoms with Gasteiger partial charge in [-0.3, -0.25) is 14.4 Å². The van der Waals surface area contributed by atoms with E-state index in [0.29, 0.717) is 6.42 Å². The van der Waals surface area contributed by atoms with Crippen LogP contribution in [0.1, 0.15) is 39.0 Å². The van der Waals surface area contributed by atoms with E-state index in [9.17, 15) is 19.2 Å². The molecule has 2 amide bonds. The molecule has 0 heterocycles. The van der Waals surface area contributed by atoms with Crippen LogP contribution in [0.25, 0.3) is 0 Å². The molecule has 0 bridgehead atoms. The molecule has 0 radical (unpaired) electrons. The number of nitrogens with one attached hydrogen (secondary N) is 2. The average molecular weight is 317 g/mol. The second-order valence-corrected chi connectivity index (χ2v) is 4.80. The van der Waals surface area contributed by atoms with Gasteiger partial charge in [-0.2, -0.15) is 0 Å². The Balaban J connectivity index is 4.79. The van der Waals surface area contributed by atoms with Crippen LogP contribution in [0.5, 0.6) is 0 Å². The molecule has 9 nitrogen and oxygen atoms in total. The van der Waals surface area contributed by atoms with Crippen LogP contribution in [0, 0.1) is 0 Å². The van der Waals surface area contributed by atoms with Crippen LogP contribution in [-0.4, -0.2) is 52.6 Å². The van der Waals surface area contributed by atoms with E-state index < -0.39 is 35.8 Å². The van der Waals surface area contributed by atoms with Gasteiger partial charge in [-0.25, -0.2) is 4.79 Å². The minimum atomic E-state index is -1.18. The van der Waals surface area contributed by atoms with Crippen molar-refractivity contribution in [1.29, 1.82) is 0 Å². The SMILES string of the molecule is CCCC[C@H](NC(=O)[C@H](CCC(=O)O)NC(=O)CN)C(=O)O. The van der Waals surface area contributed by atoms with Gasteiger partial charge in [0.15, 0.2) is 0 Å². The summed E-state index contributed by atoms with van der Waals surface area (Å²) in [6, 6.07) is -2.20. The van der Waals surface area contributed by atoms with E-state index in [1.807, 2.05) is 6.92 Å². The van der Waals surface area contributed by atoms with Crippen molar-refractivity contribution in [2.24, 2.45) is 5.73 Å². The number of amides is 2. The fourth-order valence-electron chi connectivity index (χ4n) is 1.73. The lowest BCUT2D eigenvalue weighted by Crippen LogP contribution is -2.52. The lowest BCUT2D eigenvalue weighted by Gasteiger charge is -2.20. The Morgan fingerprint density at radius 2 is 1.68 bits per heavy atom. The van der Waals surface area contributed by atoms with Gasteiger partial charge in [0.05, 0.1) is 6.54 Å². The number of carbonyl (C=O) groups excluding carboxylic acids is 2. The molecule has 0 aliphatic rings. The number of hydrogen-bond donors (Lipinski definition) is 5. The van der Waals surface area contributed by atoms with Gasteiger partial charge in [0.2, 0.25) is 11.8 Å². The van der Waals surface area contributed by atoms with Crippen molar-refractivity contribution in [1.82, 2.24) is 10.6 Å². The predicted octanol–water partition coefficient (Wildman–Crippen LogP) is -0.946. The van der Waals surface area contributed by atoms with E-state index in [1.54, 1.807) is 0 Å². The van der Waals surface area contributed by atoms with Crippen LogP contribution in [0.4, 0.5) is 0 Å². The van der Waals surface area contributed by atoms with Crippen molar-refractivity contribution < 1.29 is 29.4 Å². The third-order valence-electron chi connectivity index (χ3n) is 2.94. The van der Waals surface area contributed by atoms with Crippen LogP contribution < -0.4 is 16.4 Å². The van der Waals surface area contributed by atoms with E-state index in [0.717, 1.165) is 6.42 Å². The Kier molecular flexibility index (Phi) is 9.51. The molecule has 126 valence electrons. The summed E-state index contributed by atoms with van der Waals surface area (Å²) >= 11 is 0. The van der Waals surface area contributed by atoms with Gasteiger partial charge in [0, 0.05) is 6.42 Å². The molecule has 6 N–H and O–H groups in total. The molecule has 0 aromatic carbocycles. The normalized spacial score (nSPS) is 13.0. The zero-order valence-corrected chi connectivity index (χ0v) is 12.5. The molecule has 0 aromatic rings. The zero-order valence-electron chi connectivity index (χ0n) is 12.5. The number of carbonyl (C=O) groups is 4. The van der Waals surface area contributed by atoms with E-state index >= 15 is 0 Å². The molecule has 0 spiro atoms. The minimum absolute atomic E-state index is 0.146. The van der Waals surface area contributed by atoms with E-state index in [4.69, 9.17) is 15.9 Å². The molecule has 0 aliphatic carbocycles. The Bertz CT molecular complexity index is 413. The smallest absolute Gasteiger partial charge is 0.326 e. The summed E-state index contributed by atoms with van der Waals surface area (Å²) in [5, 5.41) is 22.3. The van der Waals surface area contributed by atoms with Gasteiger partial charge in [0.25, 0.3) is 0 Å². The van der Waals surface area contributed by atoms with Crippen molar-refractivity contribution in [2.75, 3.05) is 6.54 Å². The Morgan fingerprint density at radius 3 is 2.14 bits per heavy atom. The molecule has 0 fully saturated rings. The number of rotatable bonds is 11. The highest BCUT2D eigenvalue weighted by Crippen LogP contribution is 2.04. The summed E-state index contributed by atoms with van der Waals surface area (Å²) < 4.78 is 0. The molecule has 0 rings (SSSR count). The first-order valence-electron chi connectivity index (χ1n) is 7.06. The van der Waals surface area contributed by atoms with E-state index in [2.05, 4.69) is 10.6 Å². The molecule has 0 saturated carbocycles. The highest BCUT2D eigenvalue weighted by molar-refractivity contribution is 5.91. The molecule has 2 atom stereocenters. The number of unbranched alkanes of at least 4 members (excludes halogenated alkanes) is 1. The van der Waals surface area contributed by atoms with Crippen LogP contribution in [0.3, 0.4) is 0 Å². The topological polar surface area (TPSA) is 159 Å². The van der Waals surface area contributed by atoms with Gasteiger partial charge in [0.1, 0.15) is 12.1 Å². The molecule has 0 aromatic heterocycles. The number of carboxylic acids is 2. The van der Waals surface area contributed by atoms with Crippen molar-refractivity contribution in [3.8, 4) is 0 Å². The third-order valence-corrected chi connectivity index (χ3v) is 2.94. The minimum Gasteiger partial charge on any atom is -0.481 e. The number of aliphatic carboxylic acids is 2. The largest absolute Gasteiger partial charge is 0.481 e. The third kappa shape index (κ3) is 8.20. The maximum Gasteiger partial charge on any atom is 0.326 e. The molecule has 0 aliphatic heterocycles. The molecular weight excluding hydrogens is 294 g/mol. The van der Waals surface area contributed by atoms with Gasteiger partial charge < -0.3 is 26.6 Å². The predicted molar refractivity (Wildman–Crippen MR) is 76.9 cm³/mol. The lowest BCUT2D eigenvalue weighted by atomic mass is 10.1. The van der Waals surface area contributed by atoms with Crippen molar-refractivity contribution in [3.63, 3.8) is 0 Å². The first-order valence-corrected chi connectivity index (χ1v) is 7.06. The summed E-state index contributed by atoms with van der Waals surface area (Å²) in [4.78, 5) is 45.0. The fourth-order valence-corrected chi connectivity index (χ4v) is 1.73. The quantitative estimate of drug-likeness (QED) is 0.328. The summed E-state index contributed by atoms with van der Waals surface area (Å²) in [6.07, 6.45) is 1.16. The van der Waals surface area contributed by atoms with Crippen molar-refractivity contribution in [3.05, 3.63) is 0 Å². The summed E-state index contributed by atoms with van der Waals surface area (Å²) in [5.41, 5.74) is 5.14. The summed E-state index contributed by atoms with van der Waals surface area (Å²) in [5.74, 6) is -3.65. The van der Waals surface area contributed by atoms with Gasteiger partial charge in [-0.15, -0.1) is 0 Å². The van der Waals surface area contributed by atoms with Crippen LogP contribution in [0.2, 0.25) is 0 Å². The van der Waals surface area contributed by atoms with Crippen LogP contribution in [0.15, 0.2) is 0 Å². The number of nitrogens with two attached hydrogens (primary N) is 1. The maximum absolute atomic E-state index is 12.1. The summed E-state index contributed by atoms with van der Waals surface area (Å²) in [7, 11) is 0. The van der Waals surface area contributed by atoms with Crippen LogP contribution in [-0.2, 0) is 19.2 Å². The maximum atomic E-state index is 12.1. The Labute approximate surface area is 128 Å². The fraction of sp³-hybridized carbons (Fsp3) is 0.692. The first-order chi connectivity index (χ1) is 10.3. The average Bonchev–Trinajstić information content (AvgIpc) is 2.46. The molecule has 0 saturated heterocycles. The monoisotopic (exact) mass is 317 g/mol. The van der Waals surface area contributed by atoms with E-state index in [-0.39, 0.29) is 25.8 Å². The Hall–Kier alpha value is -2.16. The van der Waals surface area contributed by atoms with Crippen molar-refractivity contribution >= 4 is 23.8 Å². The molecule has 0 unspecified atom stereocenters. The second-order valence-electron chi connectivity index (χ2n) is 4.80. The Morgan fingerprint density at radius 1 is 1.05 bits per heavy atom. The van der Waals surface area contributed by atoms with Gasteiger partial charge in [-0.1, -0.05) is 19.8 Å². The van der Waals surface area contributed by atoms with Crippen LogP contribution >= 0.6 is 0 Å². The highest BCUT2D eigenvalue weighted by atomic mass is 16.4. The summed E-state index contributed by atoms with van der Waals surface area (Å²) in [6.45, 7) is 1.53. The second kappa shape index (κ2) is 10.6. The molecular formula is C13H23N3O6. The van der Waals surface area contributed by atoms with Gasteiger partial charge >= 0.3 is 11.9 Å². The van der Waals surface area contributed by atoms with E-state index in [1.165, 1.54) is 0 Å². The zero-order chi connectivity index (χ0) is 17.1. The first kappa shape index (κ1) is 19.8. The molecule has 22 heavy (non-hydrogen) atoms. The molecule has 9 heteroatoms. The lowest BCUT2D eigenvalue weighted by molar-refractivity contribution is -0.143. The number of carboxylic acid groups (broad SMARTS) is 2. The standard InChI is InChI=1S/C13H23N3O6/c1-2-3-4-9(13(21)22)16-12(20)8(5-6-11(18)19)15-10(17)7-14/h8-9H,2-7,14H2,1H3,(H,15,17)(H,16,20)(H,18,19)(H,21,22)/t8-,9-/m0/s1.